The predicted octanol–water partition coefficient (Wildman–Crippen LogP) is 1.68. The number of nitriles is 1. The summed E-state index contributed by atoms with van der Waals surface area (Å²) in [7, 11) is 1.88. The van der Waals surface area contributed by atoms with E-state index in [9.17, 15) is 0 Å². The van der Waals surface area contributed by atoms with Gasteiger partial charge >= 0.3 is 0 Å². The molecule has 1 saturated carbocycles. The molecule has 0 aromatic heterocycles. The zero-order valence-corrected chi connectivity index (χ0v) is 7.14. The maximum absolute atomic E-state index is 8.77. The fourth-order valence-electron chi connectivity index (χ4n) is 1.87. The number of nitrogens with zero attached hydrogens (tertiary/aromatic N) is 1. The van der Waals surface area contributed by atoms with E-state index in [4.69, 9.17) is 5.26 Å². The molecule has 1 aliphatic carbocycles. The molecule has 1 aliphatic rings. The van der Waals surface area contributed by atoms with E-state index >= 15 is 0 Å². The second-order valence-electron chi connectivity index (χ2n) is 3.29. The number of hydrogen-bond acceptors (Lipinski definition) is 2. The van der Waals surface area contributed by atoms with Crippen LogP contribution in [-0.4, -0.2) is 13.1 Å². The van der Waals surface area contributed by atoms with Crippen molar-refractivity contribution in [3.63, 3.8) is 0 Å². The Kier molecular flexibility index (Phi) is 3.38. The fraction of sp³-hybridized carbons (Fsp3) is 0.889. The standard InChI is InChI=1S/C9H16N2/c1-11-9(7-10)8-5-3-2-4-6-8/h8-9,11H,2-6H2,1H3. The first-order chi connectivity index (χ1) is 5.38. The lowest BCUT2D eigenvalue weighted by atomic mass is 9.84. The third-order valence-electron chi connectivity index (χ3n) is 2.57. The molecule has 0 spiro atoms. The maximum atomic E-state index is 8.77. The normalized spacial score (nSPS) is 22.5. The molecule has 0 saturated heterocycles. The third-order valence-corrected chi connectivity index (χ3v) is 2.57. The lowest BCUT2D eigenvalue weighted by molar-refractivity contribution is 0.314. The van der Waals surface area contributed by atoms with Crippen LogP contribution >= 0.6 is 0 Å². The summed E-state index contributed by atoms with van der Waals surface area (Å²) >= 11 is 0. The number of rotatable bonds is 2. The second-order valence-corrected chi connectivity index (χ2v) is 3.29. The van der Waals surface area contributed by atoms with Gasteiger partial charge < -0.3 is 5.32 Å². The maximum Gasteiger partial charge on any atom is 0.0979 e. The van der Waals surface area contributed by atoms with Crippen molar-refractivity contribution in [1.82, 2.24) is 5.32 Å². The van der Waals surface area contributed by atoms with Crippen molar-refractivity contribution in [3.8, 4) is 6.07 Å². The molecule has 1 fully saturated rings. The van der Waals surface area contributed by atoms with Crippen LogP contribution in [-0.2, 0) is 0 Å². The molecule has 2 nitrogen and oxygen atoms in total. The van der Waals surface area contributed by atoms with Gasteiger partial charge in [-0.2, -0.15) is 5.26 Å². The molecule has 0 aliphatic heterocycles. The van der Waals surface area contributed by atoms with E-state index in [0.29, 0.717) is 5.92 Å². The molecule has 1 unspecified atom stereocenters. The van der Waals surface area contributed by atoms with Gasteiger partial charge in [0.05, 0.1) is 12.1 Å². The molecule has 11 heavy (non-hydrogen) atoms. The Morgan fingerprint density at radius 3 is 2.45 bits per heavy atom. The average Bonchev–Trinajstić information content (AvgIpc) is 2.09. The Balaban J connectivity index is 2.38. The highest BCUT2D eigenvalue weighted by Gasteiger charge is 2.21. The summed E-state index contributed by atoms with van der Waals surface area (Å²) in [5, 5.41) is 11.8. The smallest absolute Gasteiger partial charge is 0.0979 e. The minimum atomic E-state index is 0.0929. The quantitative estimate of drug-likeness (QED) is 0.653. The van der Waals surface area contributed by atoms with Gasteiger partial charge in [0.1, 0.15) is 0 Å². The molecular formula is C9H16N2. The number of hydrogen-bond donors (Lipinski definition) is 1. The van der Waals surface area contributed by atoms with E-state index in [1.807, 2.05) is 7.05 Å². The van der Waals surface area contributed by atoms with Crippen molar-refractivity contribution >= 4 is 0 Å². The highest BCUT2D eigenvalue weighted by atomic mass is 14.9. The van der Waals surface area contributed by atoms with Gasteiger partial charge in [0.25, 0.3) is 0 Å². The van der Waals surface area contributed by atoms with Crippen LogP contribution in [0, 0.1) is 17.2 Å². The van der Waals surface area contributed by atoms with E-state index in [-0.39, 0.29) is 6.04 Å². The van der Waals surface area contributed by atoms with Crippen molar-refractivity contribution in [2.24, 2.45) is 5.92 Å². The SMILES string of the molecule is CNC(C#N)C1CCCCC1. The Hall–Kier alpha value is -0.550. The summed E-state index contributed by atoms with van der Waals surface area (Å²) in [5.74, 6) is 0.610. The van der Waals surface area contributed by atoms with Crippen molar-refractivity contribution in [2.75, 3.05) is 7.05 Å². The zero-order valence-electron chi connectivity index (χ0n) is 7.14. The lowest BCUT2D eigenvalue weighted by Crippen LogP contribution is -2.33. The van der Waals surface area contributed by atoms with Crippen molar-refractivity contribution in [3.05, 3.63) is 0 Å². The molecule has 0 aromatic rings. The van der Waals surface area contributed by atoms with Gasteiger partial charge in [-0.3, -0.25) is 0 Å². The molecule has 1 N–H and O–H groups in total. The molecule has 2 heteroatoms. The van der Waals surface area contributed by atoms with Crippen LogP contribution in [0.1, 0.15) is 32.1 Å². The third kappa shape index (κ3) is 2.20. The topological polar surface area (TPSA) is 35.8 Å². The Labute approximate surface area is 68.6 Å². The van der Waals surface area contributed by atoms with Crippen molar-refractivity contribution in [2.45, 2.75) is 38.1 Å². The first-order valence-corrected chi connectivity index (χ1v) is 4.45. The van der Waals surface area contributed by atoms with Crippen LogP contribution in [0.25, 0.3) is 0 Å². The van der Waals surface area contributed by atoms with Crippen LogP contribution < -0.4 is 5.32 Å². The summed E-state index contributed by atoms with van der Waals surface area (Å²) in [6.07, 6.45) is 6.45. The Morgan fingerprint density at radius 2 is 2.00 bits per heavy atom. The van der Waals surface area contributed by atoms with Gasteiger partial charge in [-0.15, -0.1) is 0 Å². The van der Waals surface area contributed by atoms with Crippen molar-refractivity contribution < 1.29 is 0 Å². The second kappa shape index (κ2) is 4.35. The van der Waals surface area contributed by atoms with Crippen LogP contribution in [0.15, 0.2) is 0 Å². The molecule has 1 rings (SSSR count). The van der Waals surface area contributed by atoms with E-state index in [1.165, 1.54) is 32.1 Å². The van der Waals surface area contributed by atoms with E-state index in [2.05, 4.69) is 11.4 Å². The van der Waals surface area contributed by atoms with E-state index in [1.54, 1.807) is 0 Å². The highest BCUT2D eigenvalue weighted by Crippen LogP contribution is 2.25. The van der Waals surface area contributed by atoms with Gasteiger partial charge in [-0.1, -0.05) is 19.3 Å². The van der Waals surface area contributed by atoms with Crippen LogP contribution in [0.5, 0.6) is 0 Å². The van der Waals surface area contributed by atoms with Crippen LogP contribution in [0.3, 0.4) is 0 Å². The van der Waals surface area contributed by atoms with Gasteiger partial charge in [0, 0.05) is 0 Å². The highest BCUT2D eigenvalue weighted by molar-refractivity contribution is 4.94. The van der Waals surface area contributed by atoms with Gasteiger partial charge in [-0.25, -0.2) is 0 Å². The largest absolute Gasteiger partial charge is 0.305 e. The van der Waals surface area contributed by atoms with Gasteiger partial charge in [0.2, 0.25) is 0 Å². The summed E-state index contributed by atoms with van der Waals surface area (Å²) < 4.78 is 0. The molecule has 0 heterocycles. The van der Waals surface area contributed by atoms with E-state index in [0.717, 1.165) is 0 Å². The zero-order chi connectivity index (χ0) is 8.10. The Morgan fingerprint density at radius 1 is 1.36 bits per heavy atom. The fourth-order valence-corrected chi connectivity index (χ4v) is 1.87. The molecule has 1 atom stereocenters. The molecule has 0 bridgehead atoms. The van der Waals surface area contributed by atoms with Crippen molar-refractivity contribution in [1.29, 1.82) is 5.26 Å². The van der Waals surface area contributed by atoms with Crippen LogP contribution in [0.2, 0.25) is 0 Å². The molecule has 0 radical (unpaired) electrons. The van der Waals surface area contributed by atoms with Gasteiger partial charge in [-0.05, 0) is 25.8 Å². The molecule has 62 valence electrons. The summed E-state index contributed by atoms with van der Waals surface area (Å²) in [4.78, 5) is 0. The van der Waals surface area contributed by atoms with E-state index < -0.39 is 0 Å². The monoisotopic (exact) mass is 152 g/mol. The molecular weight excluding hydrogens is 136 g/mol. The predicted molar refractivity (Wildman–Crippen MR) is 45.0 cm³/mol. The summed E-state index contributed by atoms with van der Waals surface area (Å²) in [6.45, 7) is 0. The lowest BCUT2D eigenvalue weighted by Gasteiger charge is -2.25. The van der Waals surface area contributed by atoms with Crippen LogP contribution in [0.4, 0.5) is 0 Å². The minimum Gasteiger partial charge on any atom is -0.305 e. The Bertz CT molecular complexity index is 142. The molecule has 0 amide bonds. The van der Waals surface area contributed by atoms with Gasteiger partial charge in [0.15, 0.2) is 0 Å². The molecule has 0 aromatic carbocycles. The first kappa shape index (κ1) is 8.55. The first-order valence-electron chi connectivity index (χ1n) is 4.45. The minimum absolute atomic E-state index is 0.0929. The summed E-state index contributed by atoms with van der Waals surface area (Å²) in [5.41, 5.74) is 0. The summed E-state index contributed by atoms with van der Waals surface area (Å²) in [6, 6.07) is 2.40. The average molecular weight is 152 g/mol. The number of nitrogens with one attached hydrogen (secondary N) is 1.